The molecule has 159 valence electrons. The molecule has 1 aromatic heterocycles. The Labute approximate surface area is 186 Å². The molecule has 1 aromatic carbocycles. The number of amides is 1. The number of nitrogens with zero attached hydrogens (tertiary/aromatic N) is 2. The molecular formula is C17H17Cl2CoN3O6. The van der Waals surface area contributed by atoms with Crippen molar-refractivity contribution in [2.24, 2.45) is 5.10 Å². The number of carboxylic acids is 2. The van der Waals surface area contributed by atoms with Crippen molar-refractivity contribution in [1.82, 2.24) is 10.4 Å². The van der Waals surface area contributed by atoms with Gasteiger partial charge in [0.2, 0.25) is 0 Å². The minimum Gasteiger partial charge on any atom is -0.506 e. The van der Waals surface area contributed by atoms with Crippen molar-refractivity contribution in [1.29, 1.82) is 0 Å². The molecule has 0 bridgehead atoms. The molecule has 29 heavy (non-hydrogen) atoms. The number of hydrogen-bond donors (Lipinski definition) is 4. The maximum Gasteiger partial charge on any atom is 0.300 e. The van der Waals surface area contributed by atoms with Crippen LogP contribution in [-0.2, 0) is 26.4 Å². The number of aromatic hydroxyl groups is 1. The van der Waals surface area contributed by atoms with Crippen LogP contribution in [-0.4, -0.2) is 44.4 Å². The second-order valence-electron chi connectivity index (χ2n) is 4.80. The number of benzene rings is 1. The first kappa shape index (κ1) is 28.5. The van der Waals surface area contributed by atoms with Crippen LogP contribution in [0.2, 0.25) is 10.0 Å². The van der Waals surface area contributed by atoms with Gasteiger partial charge in [-0.25, -0.2) is 5.43 Å². The number of hydrogen-bond acceptors (Lipinski definition) is 6. The molecule has 0 fully saturated rings. The van der Waals surface area contributed by atoms with Crippen LogP contribution in [0.4, 0.5) is 0 Å². The summed E-state index contributed by atoms with van der Waals surface area (Å²) in [6.45, 7) is 2.17. The van der Waals surface area contributed by atoms with Crippen molar-refractivity contribution >= 4 is 47.3 Å². The Hall–Kier alpha value is -2.66. The van der Waals surface area contributed by atoms with E-state index in [0.29, 0.717) is 16.1 Å². The Morgan fingerprint density at radius 2 is 1.55 bits per heavy atom. The van der Waals surface area contributed by atoms with Gasteiger partial charge < -0.3 is 15.3 Å². The number of pyridine rings is 1. The molecule has 1 amide bonds. The zero-order chi connectivity index (χ0) is 21.7. The third-order valence-electron chi connectivity index (χ3n) is 2.37. The van der Waals surface area contributed by atoms with Gasteiger partial charge in [0.25, 0.3) is 17.8 Å². The maximum atomic E-state index is 11.7. The molecule has 0 spiro atoms. The smallest absolute Gasteiger partial charge is 0.300 e. The van der Waals surface area contributed by atoms with Gasteiger partial charge in [-0.05, 0) is 24.3 Å². The first-order valence-electron chi connectivity index (χ1n) is 7.35. The van der Waals surface area contributed by atoms with Gasteiger partial charge in [-0.1, -0.05) is 23.2 Å². The van der Waals surface area contributed by atoms with Gasteiger partial charge in [-0.2, -0.15) is 5.10 Å². The van der Waals surface area contributed by atoms with Gasteiger partial charge in [-0.15, -0.1) is 0 Å². The van der Waals surface area contributed by atoms with Crippen molar-refractivity contribution in [2.75, 3.05) is 0 Å². The van der Waals surface area contributed by atoms with Crippen LogP contribution in [0, 0.1) is 0 Å². The second kappa shape index (κ2) is 15.3. The van der Waals surface area contributed by atoms with E-state index in [1.54, 1.807) is 12.1 Å². The zero-order valence-corrected chi connectivity index (χ0v) is 17.6. The fraction of sp³-hybridized carbons (Fsp3) is 0.118. The number of aromatic nitrogens is 1. The minimum atomic E-state index is -0.833. The molecule has 0 unspecified atom stereocenters. The maximum absolute atomic E-state index is 11.7. The molecule has 0 aliphatic heterocycles. The Bertz CT molecular complexity index is 831. The molecule has 2 rings (SSSR count). The minimum absolute atomic E-state index is 0. The topological polar surface area (TPSA) is 149 Å². The fourth-order valence-corrected chi connectivity index (χ4v) is 1.92. The van der Waals surface area contributed by atoms with E-state index in [1.165, 1.54) is 30.7 Å². The summed E-state index contributed by atoms with van der Waals surface area (Å²) in [5.74, 6) is -2.21. The van der Waals surface area contributed by atoms with E-state index in [-0.39, 0.29) is 27.6 Å². The van der Waals surface area contributed by atoms with Crippen molar-refractivity contribution in [3.63, 3.8) is 0 Å². The summed E-state index contributed by atoms with van der Waals surface area (Å²) in [7, 11) is 0. The van der Waals surface area contributed by atoms with E-state index in [2.05, 4.69) is 15.5 Å². The number of aliphatic carboxylic acids is 2. The molecule has 9 nitrogen and oxygen atoms in total. The molecule has 0 atom stereocenters. The molecule has 0 saturated carbocycles. The van der Waals surface area contributed by atoms with Crippen molar-refractivity contribution in [3.05, 3.63) is 57.8 Å². The zero-order valence-electron chi connectivity index (χ0n) is 15.1. The van der Waals surface area contributed by atoms with Gasteiger partial charge >= 0.3 is 0 Å². The number of carbonyl (C=O) groups excluding carboxylic acids is 1. The Morgan fingerprint density at radius 3 is 2.03 bits per heavy atom. The van der Waals surface area contributed by atoms with E-state index in [1.807, 2.05) is 0 Å². The molecule has 1 heterocycles. The molecule has 4 N–H and O–H groups in total. The molecule has 0 aliphatic carbocycles. The van der Waals surface area contributed by atoms with Crippen LogP contribution in [0.25, 0.3) is 0 Å². The summed E-state index contributed by atoms with van der Waals surface area (Å²) in [4.78, 5) is 33.5. The summed E-state index contributed by atoms with van der Waals surface area (Å²) >= 11 is 11.6. The van der Waals surface area contributed by atoms with Gasteiger partial charge in [-0.3, -0.25) is 19.4 Å². The Morgan fingerprint density at radius 1 is 1.07 bits per heavy atom. The van der Waals surface area contributed by atoms with Crippen molar-refractivity contribution in [2.45, 2.75) is 13.8 Å². The van der Waals surface area contributed by atoms with E-state index >= 15 is 0 Å². The van der Waals surface area contributed by atoms with E-state index in [0.717, 1.165) is 13.8 Å². The van der Waals surface area contributed by atoms with Crippen LogP contribution < -0.4 is 5.43 Å². The predicted octanol–water partition coefficient (Wildman–Crippen LogP) is 3.04. The number of phenols is 1. The van der Waals surface area contributed by atoms with E-state index < -0.39 is 17.8 Å². The van der Waals surface area contributed by atoms with E-state index in [4.69, 9.17) is 43.0 Å². The quantitative estimate of drug-likeness (QED) is 0.383. The standard InChI is InChI=1S/C13H9Cl2N3O2.2C2H4O2.Co/c14-10-5-9(12(19)11(15)6-10)7-17-18-13(20)8-1-3-16-4-2-8;2*1-2(3)4;/h1-7,19H,(H,18,20);2*1H3,(H,3,4);/b17-7+;;;. The molecule has 0 saturated heterocycles. The van der Waals surface area contributed by atoms with Crippen LogP contribution in [0.5, 0.6) is 5.75 Å². The van der Waals surface area contributed by atoms with Gasteiger partial charge in [0.1, 0.15) is 5.75 Å². The van der Waals surface area contributed by atoms with Crippen molar-refractivity contribution in [3.8, 4) is 5.75 Å². The summed E-state index contributed by atoms with van der Waals surface area (Å²) in [5, 5.41) is 28.7. The summed E-state index contributed by atoms with van der Waals surface area (Å²) < 4.78 is 0. The van der Waals surface area contributed by atoms with Gasteiger partial charge in [0, 0.05) is 59.2 Å². The molecular weight excluding hydrogens is 472 g/mol. The molecule has 0 aliphatic rings. The molecule has 2 aromatic rings. The number of nitrogens with one attached hydrogen (secondary N) is 1. The first-order chi connectivity index (χ1) is 13.0. The number of phenolic OH excluding ortho intramolecular Hbond substituents is 1. The number of halogens is 2. The molecule has 1 radical (unpaired) electrons. The van der Waals surface area contributed by atoms with Crippen LogP contribution in [0.3, 0.4) is 0 Å². The Balaban J connectivity index is 0. The number of rotatable bonds is 3. The monoisotopic (exact) mass is 488 g/mol. The van der Waals surface area contributed by atoms with E-state index in [9.17, 15) is 9.90 Å². The third-order valence-corrected chi connectivity index (χ3v) is 2.88. The predicted molar refractivity (Wildman–Crippen MR) is 104 cm³/mol. The first-order valence-corrected chi connectivity index (χ1v) is 8.10. The van der Waals surface area contributed by atoms with Crippen LogP contribution in [0.15, 0.2) is 41.8 Å². The number of hydrazone groups is 1. The average Bonchev–Trinajstić information content (AvgIpc) is 2.58. The number of carbonyl (C=O) groups is 3. The van der Waals surface area contributed by atoms with Crippen LogP contribution >= 0.6 is 23.2 Å². The van der Waals surface area contributed by atoms with Crippen molar-refractivity contribution < 1.29 is 46.5 Å². The molecule has 12 heteroatoms. The SMILES string of the molecule is CC(=O)O.CC(=O)O.O=C(N/N=C/c1cc(Cl)cc(Cl)c1O)c1ccncc1.[Co]. The summed E-state index contributed by atoms with van der Waals surface area (Å²) in [6.07, 6.45) is 4.26. The Kier molecular flexibility index (Phi) is 15.0. The number of carboxylic acid groups (broad SMARTS) is 2. The summed E-state index contributed by atoms with van der Waals surface area (Å²) in [6, 6.07) is 5.99. The van der Waals surface area contributed by atoms with Gasteiger partial charge in [0.15, 0.2) is 0 Å². The largest absolute Gasteiger partial charge is 0.506 e. The van der Waals surface area contributed by atoms with Crippen LogP contribution in [0.1, 0.15) is 29.8 Å². The van der Waals surface area contributed by atoms with Gasteiger partial charge in [0.05, 0.1) is 11.2 Å². The summed E-state index contributed by atoms with van der Waals surface area (Å²) in [5.41, 5.74) is 3.04. The average molecular weight is 489 g/mol. The fourth-order valence-electron chi connectivity index (χ4n) is 1.41. The second-order valence-corrected chi connectivity index (χ2v) is 5.64. The third kappa shape index (κ3) is 14.1. The normalized spacial score (nSPS) is 9.10.